The molecule has 1 N–H and O–H groups in total. The Balaban J connectivity index is 1.64. The number of nitrogens with one attached hydrogen (secondary N) is 1. The van der Waals surface area contributed by atoms with Crippen molar-refractivity contribution in [1.29, 1.82) is 0 Å². The van der Waals surface area contributed by atoms with Crippen LogP contribution >= 0.6 is 0 Å². The Morgan fingerprint density at radius 3 is 2.35 bits per heavy atom. The van der Waals surface area contributed by atoms with E-state index in [1.54, 1.807) is 0 Å². The van der Waals surface area contributed by atoms with E-state index in [2.05, 4.69) is 61.3 Å². The topological polar surface area (TPSA) is 94.0 Å². The van der Waals surface area contributed by atoms with Gasteiger partial charge in [0.05, 0.1) is 17.6 Å². The van der Waals surface area contributed by atoms with Crippen molar-refractivity contribution in [2.24, 2.45) is 0 Å². The fourth-order valence-corrected chi connectivity index (χ4v) is 5.39. The second kappa shape index (κ2) is 8.41. The summed E-state index contributed by atoms with van der Waals surface area (Å²) < 4.78 is 26.9. The van der Waals surface area contributed by atoms with Gasteiger partial charge in [-0.05, 0) is 65.1 Å². The maximum atomic E-state index is 13.1. The van der Waals surface area contributed by atoms with Crippen LogP contribution in [0.4, 0.5) is 0 Å². The quantitative estimate of drug-likeness (QED) is 0.564. The van der Waals surface area contributed by atoms with Gasteiger partial charge in [0.15, 0.2) is 0 Å². The standard InChI is InChI=1S/C26H28N4O3S/c1-6-15-27-24(31)18-7-10-20(11-8-18)34(32,33)30-28-17-23(29-30)19-9-12-21-22(16-19)26(4,5)14-13-25(21,2)3/h1,7-12,16-17H,13-15H2,2-5H3,(H,27,31). The predicted molar refractivity (Wildman–Crippen MR) is 131 cm³/mol. The Bertz CT molecular complexity index is 1390. The number of nitrogens with zero attached hydrogens (tertiary/aromatic N) is 3. The Morgan fingerprint density at radius 2 is 1.71 bits per heavy atom. The number of hydrogen-bond donors (Lipinski definition) is 1. The molecule has 0 saturated carbocycles. The molecule has 0 spiro atoms. The van der Waals surface area contributed by atoms with Crippen molar-refractivity contribution in [3.8, 4) is 23.6 Å². The molecule has 8 heteroatoms. The summed E-state index contributed by atoms with van der Waals surface area (Å²) in [5.41, 5.74) is 4.31. The first-order valence-electron chi connectivity index (χ1n) is 11.1. The lowest BCUT2D eigenvalue weighted by Crippen LogP contribution is -2.33. The van der Waals surface area contributed by atoms with Crippen LogP contribution in [0.5, 0.6) is 0 Å². The van der Waals surface area contributed by atoms with Crippen molar-refractivity contribution in [3.63, 3.8) is 0 Å². The molecule has 0 aliphatic heterocycles. The van der Waals surface area contributed by atoms with E-state index in [0.717, 1.165) is 22.6 Å². The van der Waals surface area contributed by atoms with Crippen LogP contribution in [0.3, 0.4) is 0 Å². The third-order valence-electron chi connectivity index (χ3n) is 6.60. The van der Waals surface area contributed by atoms with Crippen LogP contribution < -0.4 is 5.32 Å². The smallest absolute Gasteiger partial charge is 0.299 e. The third kappa shape index (κ3) is 4.24. The first-order chi connectivity index (χ1) is 16.0. The third-order valence-corrected chi connectivity index (χ3v) is 8.07. The molecule has 1 amide bonds. The lowest BCUT2D eigenvalue weighted by atomic mass is 9.63. The second-order valence-electron chi connectivity index (χ2n) is 9.90. The van der Waals surface area contributed by atoms with Gasteiger partial charge in [-0.3, -0.25) is 4.79 Å². The van der Waals surface area contributed by atoms with Gasteiger partial charge in [-0.15, -0.1) is 16.6 Å². The van der Waals surface area contributed by atoms with Gasteiger partial charge in [0.1, 0.15) is 5.69 Å². The van der Waals surface area contributed by atoms with Crippen molar-refractivity contribution in [1.82, 2.24) is 19.7 Å². The lowest BCUT2D eigenvalue weighted by Gasteiger charge is -2.42. The molecule has 4 rings (SSSR count). The molecule has 176 valence electrons. The Kier molecular flexibility index (Phi) is 5.86. The molecule has 0 radical (unpaired) electrons. The van der Waals surface area contributed by atoms with E-state index < -0.39 is 10.0 Å². The molecule has 0 atom stereocenters. The number of rotatable bonds is 5. The van der Waals surface area contributed by atoms with E-state index in [0.29, 0.717) is 11.3 Å². The van der Waals surface area contributed by atoms with E-state index in [1.165, 1.54) is 41.6 Å². The van der Waals surface area contributed by atoms with E-state index in [1.807, 2.05) is 6.07 Å². The molecule has 2 aromatic carbocycles. The van der Waals surface area contributed by atoms with Gasteiger partial charge < -0.3 is 5.32 Å². The number of fused-ring (bicyclic) bond motifs is 1. The zero-order chi connectivity index (χ0) is 24.7. The number of terminal acetylenes is 1. The molecule has 1 aromatic heterocycles. The highest BCUT2D eigenvalue weighted by molar-refractivity contribution is 7.89. The summed E-state index contributed by atoms with van der Waals surface area (Å²) in [6.07, 6.45) is 8.80. The molecule has 1 heterocycles. The molecule has 7 nitrogen and oxygen atoms in total. The van der Waals surface area contributed by atoms with E-state index >= 15 is 0 Å². The summed E-state index contributed by atoms with van der Waals surface area (Å²) >= 11 is 0. The van der Waals surface area contributed by atoms with Crippen LogP contribution in [0.25, 0.3) is 11.3 Å². The summed E-state index contributed by atoms with van der Waals surface area (Å²) in [6.45, 7) is 9.09. The highest BCUT2D eigenvalue weighted by atomic mass is 32.2. The van der Waals surface area contributed by atoms with Crippen LogP contribution in [-0.4, -0.2) is 35.3 Å². The van der Waals surface area contributed by atoms with Crippen LogP contribution in [-0.2, 0) is 20.9 Å². The van der Waals surface area contributed by atoms with Crippen molar-refractivity contribution >= 4 is 15.9 Å². The highest BCUT2D eigenvalue weighted by Crippen LogP contribution is 2.46. The predicted octanol–water partition coefficient (Wildman–Crippen LogP) is 3.89. The SMILES string of the molecule is C#CCNC(=O)c1ccc(S(=O)(=O)n2ncc(-c3ccc4c(c3)C(C)(C)CCC4(C)C)n2)cc1. The van der Waals surface area contributed by atoms with Crippen molar-refractivity contribution in [3.05, 3.63) is 65.4 Å². The molecule has 0 unspecified atom stereocenters. The molecular weight excluding hydrogens is 448 g/mol. The molecule has 0 fully saturated rings. The van der Waals surface area contributed by atoms with Crippen molar-refractivity contribution in [2.45, 2.75) is 56.3 Å². The van der Waals surface area contributed by atoms with Crippen LogP contribution in [0.15, 0.2) is 53.6 Å². The number of aromatic nitrogens is 3. The van der Waals surface area contributed by atoms with Crippen LogP contribution in [0.1, 0.15) is 62.0 Å². The largest absolute Gasteiger partial charge is 0.341 e. The van der Waals surface area contributed by atoms with Gasteiger partial charge in [-0.25, -0.2) is 0 Å². The Labute approximate surface area is 200 Å². The molecule has 1 aliphatic rings. The van der Waals surface area contributed by atoms with Gasteiger partial charge in [0.25, 0.3) is 15.9 Å². The number of benzene rings is 2. The summed E-state index contributed by atoms with van der Waals surface area (Å²) in [5.74, 6) is 1.94. The molecule has 0 bridgehead atoms. The minimum atomic E-state index is -4.01. The fraction of sp³-hybridized carbons (Fsp3) is 0.346. The average molecular weight is 477 g/mol. The highest BCUT2D eigenvalue weighted by Gasteiger charge is 2.37. The van der Waals surface area contributed by atoms with E-state index in [-0.39, 0.29) is 28.2 Å². The van der Waals surface area contributed by atoms with Crippen LogP contribution in [0, 0.1) is 12.3 Å². The summed E-state index contributed by atoms with van der Waals surface area (Å²) in [5, 5.41) is 10.8. The minimum absolute atomic E-state index is 0.0172. The number of amides is 1. The maximum Gasteiger partial charge on any atom is 0.299 e. The van der Waals surface area contributed by atoms with Crippen molar-refractivity contribution < 1.29 is 13.2 Å². The van der Waals surface area contributed by atoms with Gasteiger partial charge in [-0.1, -0.05) is 49.9 Å². The molecular formula is C26H28N4O3S. The normalized spacial score (nSPS) is 16.3. The maximum absolute atomic E-state index is 13.1. The average Bonchev–Trinajstić information content (AvgIpc) is 3.32. The van der Waals surface area contributed by atoms with Crippen molar-refractivity contribution in [2.75, 3.05) is 6.54 Å². The first-order valence-corrected chi connectivity index (χ1v) is 12.5. The fourth-order valence-electron chi connectivity index (χ4n) is 4.35. The monoisotopic (exact) mass is 476 g/mol. The molecule has 3 aromatic rings. The van der Waals surface area contributed by atoms with Gasteiger partial charge in [0, 0.05) is 11.1 Å². The lowest BCUT2D eigenvalue weighted by molar-refractivity contribution is 0.0958. The number of carbonyl (C=O) groups is 1. The van der Waals surface area contributed by atoms with Gasteiger partial charge in [-0.2, -0.15) is 8.42 Å². The number of hydrogen-bond acceptors (Lipinski definition) is 5. The number of carbonyl (C=O) groups excluding carboxylic acids is 1. The molecule has 1 aliphatic carbocycles. The second-order valence-corrected chi connectivity index (χ2v) is 11.6. The zero-order valence-electron chi connectivity index (χ0n) is 19.8. The Morgan fingerprint density at radius 1 is 1.06 bits per heavy atom. The van der Waals surface area contributed by atoms with E-state index in [4.69, 9.17) is 6.42 Å². The van der Waals surface area contributed by atoms with Gasteiger partial charge >= 0.3 is 0 Å². The van der Waals surface area contributed by atoms with Gasteiger partial charge in [0.2, 0.25) is 0 Å². The van der Waals surface area contributed by atoms with E-state index in [9.17, 15) is 13.2 Å². The summed E-state index contributed by atoms with van der Waals surface area (Å²) in [6, 6.07) is 11.8. The molecule has 0 saturated heterocycles. The molecule has 34 heavy (non-hydrogen) atoms. The Hall–Kier alpha value is -3.44. The summed E-state index contributed by atoms with van der Waals surface area (Å²) in [7, 11) is -4.01. The zero-order valence-corrected chi connectivity index (χ0v) is 20.6. The summed E-state index contributed by atoms with van der Waals surface area (Å²) in [4.78, 5) is 12.0. The van der Waals surface area contributed by atoms with Crippen LogP contribution in [0.2, 0.25) is 0 Å². The minimum Gasteiger partial charge on any atom is -0.341 e. The first kappa shape index (κ1) is 23.7.